The second kappa shape index (κ2) is 6.98. The molecule has 0 bridgehead atoms. The first-order chi connectivity index (χ1) is 12.9. The molecule has 1 amide bonds. The van der Waals surface area contributed by atoms with E-state index in [0.29, 0.717) is 31.8 Å². The van der Waals surface area contributed by atoms with E-state index >= 15 is 0 Å². The maximum absolute atomic E-state index is 12.6. The number of aromatic nitrogens is 3. The quantitative estimate of drug-likeness (QED) is 0.799. The predicted molar refractivity (Wildman–Crippen MR) is 92.0 cm³/mol. The van der Waals surface area contributed by atoms with E-state index in [9.17, 15) is 18.0 Å². The second-order valence-corrected chi connectivity index (χ2v) is 7.37. The Bertz CT molecular complexity index is 811. The van der Waals surface area contributed by atoms with E-state index in [2.05, 4.69) is 10.3 Å². The van der Waals surface area contributed by atoms with Gasteiger partial charge in [-0.25, -0.2) is 4.68 Å². The van der Waals surface area contributed by atoms with Crippen LogP contribution in [0.5, 0.6) is 0 Å². The number of benzene rings is 1. The van der Waals surface area contributed by atoms with Crippen molar-refractivity contribution in [3.63, 3.8) is 0 Å². The molecule has 0 unspecified atom stereocenters. The Kier molecular flexibility index (Phi) is 4.65. The molecule has 2 fully saturated rings. The van der Waals surface area contributed by atoms with Gasteiger partial charge >= 0.3 is 6.18 Å². The van der Waals surface area contributed by atoms with Crippen LogP contribution in [0.4, 0.5) is 13.2 Å². The Hall–Kier alpha value is -2.38. The molecule has 2 heterocycles. The molecule has 2 aliphatic rings. The van der Waals surface area contributed by atoms with Gasteiger partial charge in [-0.2, -0.15) is 13.2 Å². The number of carbonyl (C=O) groups excluding carboxylic acids is 1. The summed E-state index contributed by atoms with van der Waals surface area (Å²) in [6.07, 6.45) is 1.60. The minimum atomic E-state index is -4.33. The zero-order valence-corrected chi connectivity index (χ0v) is 14.8. The number of alkyl halides is 3. The van der Waals surface area contributed by atoms with Crippen LogP contribution in [0.25, 0.3) is 0 Å². The van der Waals surface area contributed by atoms with Crippen molar-refractivity contribution < 1.29 is 18.0 Å². The average molecular weight is 378 g/mol. The van der Waals surface area contributed by atoms with Gasteiger partial charge in [0.05, 0.1) is 17.3 Å². The Morgan fingerprint density at radius 2 is 1.89 bits per heavy atom. The van der Waals surface area contributed by atoms with Gasteiger partial charge in [-0.1, -0.05) is 17.3 Å². The highest BCUT2D eigenvalue weighted by molar-refractivity contribution is 5.76. The molecule has 1 aliphatic carbocycles. The van der Waals surface area contributed by atoms with Crippen molar-refractivity contribution in [1.29, 1.82) is 0 Å². The summed E-state index contributed by atoms with van der Waals surface area (Å²) in [5.41, 5.74) is 1.11. The highest BCUT2D eigenvalue weighted by Crippen LogP contribution is 2.39. The Morgan fingerprint density at radius 1 is 1.15 bits per heavy atom. The Morgan fingerprint density at radius 3 is 2.56 bits per heavy atom. The molecule has 144 valence electrons. The van der Waals surface area contributed by atoms with Gasteiger partial charge in [0.15, 0.2) is 0 Å². The summed E-state index contributed by atoms with van der Waals surface area (Å²) in [7, 11) is 0. The van der Waals surface area contributed by atoms with E-state index in [-0.39, 0.29) is 11.9 Å². The maximum Gasteiger partial charge on any atom is 0.416 e. The van der Waals surface area contributed by atoms with Gasteiger partial charge in [-0.15, -0.1) is 5.10 Å². The molecular formula is C19H21F3N4O. The molecule has 8 heteroatoms. The van der Waals surface area contributed by atoms with Crippen molar-refractivity contribution in [1.82, 2.24) is 19.9 Å². The van der Waals surface area contributed by atoms with Crippen LogP contribution in [0.3, 0.4) is 0 Å². The van der Waals surface area contributed by atoms with Crippen LogP contribution in [-0.2, 0) is 17.4 Å². The Labute approximate surface area is 155 Å². The number of halogens is 3. The molecule has 0 radical (unpaired) electrons. The molecule has 1 saturated carbocycles. The highest BCUT2D eigenvalue weighted by atomic mass is 19.4. The molecule has 4 rings (SSSR count). The first kappa shape index (κ1) is 18.0. The fraction of sp³-hybridized carbons (Fsp3) is 0.526. The molecular weight excluding hydrogens is 357 g/mol. The number of carbonyl (C=O) groups is 1. The number of aryl methyl sites for hydroxylation is 1. The standard InChI is InChI=1S/C19H21F3N4O/c20-19(21,22)15-6-1-13(2-7-15)3-8-18(27)25-10-9-16(11-25)26-12-17(23-24-26)14-4-5-14/h1-2,6-7,12,14,16H,3-5,8-11H2/t16-/m0/s1. The SMILES string of the molecule is O=C(CCc1ccc(C(F)(F)F)cc1)N1CC[C@H](n2cc(C3CC3)nn2)C1. The first-order valence-electron chi connectivity index (χ1n) is 9.26. The molecule has 1 aromatic heterocycles. The molecule has 1 atom stereocenters. The molecule has 5 nitrogen and oxygen atoms in total. The van der Waals surface area contributed by atoms with Gasteiger partial charge < -0.3 is 4.90 Å². The number of hydrogen-bond donors (Lipinski definition) is 0. The van der Waals surface area contributed by atoms with E-state index < -0.39 is 11.7 Å². The summed E-state index contributed by atoms with van der Waals surface area (Å²) in [6, 6.07) is 5.16. The third-order valence-electron chi connectivity index (χ3n) is 5.32. The lowest BCUT2D eigenvalue weighted by molar-refractivity contribution is -0.137. The third-order valence-corrected chi connectivity index (χ3v) is 5.32. The van der Waals surface area contributed by atoms with Gasteiger partial charge in [-0.05, 0) is 43.4 Å². The Balaban J connectivity index is 1.28. The van der Waals surface area contributed by atoms with Gasteiger partial charge in [0, 0.05) is 31.6 Å². The number of likely N-dealkylation sites (tertiary alicyclic amines) is 1. The van der Waals surface area contributed by atoms with Crippen molar-refractivity contribution in [2.75, 3.05) is 13.1 Å². The lowest BCUT2D eigenvalue weighted by atomic mass is 10.1. The maximum atomic E-state index is 12.6. The first-order valence-corrected chi connectivity index (χ1v) is 9.26. The lowest BCUT2D eigenvalue weighted by Gasteiger charge is -2.16. The minimum absolute atomic E-state index is 0.0277. The second-order valence-electron chi connectivity index (χ2n) is 7.37. The number of hydrogen-bond acceptors (Lipinski definition) is 3. The summed E-state index contributed by atoms with van der Waals surface area (Å²) in [5.74, 6) is 0.585. The van der Waals surface area contributed by atoms with Crippen molar-refractivity contribution in [3.8, 4) is 0 Å². The monoisotopic (exact) mass is 378 g/mol. The normalized spacial score (nSPS) is 20.3. The van der Waals surface area contributed by atoms with Gasteiger partial charge in [0.2, 0.25) is 5.91 Å². The molecule has 1 aliphatic heterocycles. The van der Waals surface area contributed by atoms with Crippen molar-refractivity contribution in [2.45, 2.75) is 50.2 Å². The number of rotatable bonds is 5. The van der Waals surface area contributed by atoms with Crippen molar-refractivity contribution >= 4 is 5.91 Å². The average Bonchev–Trinajstić information content (AvgIpc) is 3.18. The van der Waals surface area contributed by atoms with E-state index in [1.807, 2.05) is 15.8 Å². The number of nitrogens with zero attached hydrogens (tertiary/aromatic N) is 4. The molecule has 0 spiro atoms. The van der Waals surface area contributed by atoms with E-state index in [1.165, 1.54) is 25.0 Å². The van der Waals surface area contributed by atoms with E-state index in [4.69, 9.17) is 0 Å². The van der Waals surface area contributed by atoms with Crippen LogP contribution >= 0.6 is 0 Å². The number of amides is 1. The third kappa shape index (κ3) is 4.14. The smallest absolute Gasteiger partial charge is 0.340 e. The summed E-state index contributed by atoms with van der Waals surface area (Å²) in [4.78, 5) is 14.3. The molecule has 2 aromatic rings. The molecule has 27 heavy (non-hydrogen) atoms. The van der Waals surface area contributed by atoms with Crippen molar-refractivity contribution in [2.24, 2.45) is 0 Å². The van der Waals surface area contributed by atoms with E-state index in [1.54, 1.807) is 0 Å². The van der Waals surface area contributed by atoms with Gasteiger partial charge in [-0.3, -0.25) is 4.79 Å². The highest BCUT2D eigenvalue weighted by Gasteiger charge is 2.31. The summed E-state index contributed by atoms with van der Waals surface area (Å²) >= 11 is 0. The molecule has 1 aromatic carbocycles. The zero-order chi connectivity index (χ0) is 19.0. The van der Waals surface area contributed by atoms with Crippen LogP contribution in [0.1, 0.15) is 54.5 Å². The predicted octanol–water partition coefficient (Wildman–Crippen LogP) is 3.58. The molecule has 1 saturated heterocycles. The van der Waals surface area contributed by atoms with Crippen LogP contribution in [0, 0.1) is 0 Å². The largest absolute Gasteiger partial charge is 0.416 e. The lowest BCUT2D eigenvalue weighted by Crippen LogP contribution is -2.29. The van der Waals surface area contributed by atoms with Crippen LogP contribution < -0.4 is 0 Å². The zero-order valence-electron chi connectivity index (χ0n) is 14.8. The van der Waals surface area contributed by atoms with Crippen LogP contribution in [0.2, 0.25) is 0 Å². The van der Waals surface area contributed by atoms with Crippen LogP contribution in [0.15, 0.2) is 30.5 Å². The van der Waals surface area contributed by atoms with Gasteiger partial charge in [0.1, 0.15) is 0 Å². The van der Waals surface area contributed by atoms with Crippen molar-refractivity contribution in [3.05, 3.63) is 47.3 Å². The summed E-state index contributed by atoms with van der Waals surface area (Å²) in [5, 5.41) is 8.43. The fourth-order valence-electron chi connectivity index (χ4n) is 3.49. The summed E-state index contributed by atoms with van der Waals surface area (Å²) in [6.45, 7) is 1.29. The topological polar surface area (TPSA) is 51.0 Å². The van der Waals surface area contributed by atoms with Crippen LogP contribution in [-0.4, -0.2) is 38.9 Å². The molecule has 0 N–H and O–H groups in total. The summed E-state index contributed by atoms with van der Waals surface area (Å²) < 4.78 is 39.6. The van der Waals surface area contributed by atoms with Gasteiger partial charge in [0.25, 0.3) is 0 Å². The fourth-order valence-corrected chi connectivity index (χ4v) is 3.49. The minimum Gasteiger partial charge on any atom is -0.340 e. The van der Waals surface area contributed by atoms with E-state index in [0.717, 1.165) is 29.8 Å².